The first kappa shape index (κ1) is 17.9. The number of benzene rings is 1. The summed E-state index contributed by atoms with van der Waals surface area (Å²) in [6.07, 6.45) is 10.8. The van der Waals surface area contributed by atoms with Gasteiger partial charge in [-0.25, -0.2) is 0 Å². The molecular formula is C17H24Br2O. The van der Waals surface area contributed by atoms with Crippen molar-refractivity contribution in [1.82, 2.24) is 0 Å². The molecule has 1 nitrogen and oxygen atoms in total. The van der Waals surface area contributed by atoms with Crippen LogP contribution in [0.25, 0.3) is 0 Å². The Hall–Kier alpha value is -0.150. The van der Waals surface area contributed by atoms with Gasteiger partial charge in [-0.15, -0.1) is 0 Å². The zero-order valence-corrected chi connectivity index (χ0v) is 15.4. The highest BCUT2D eigenvalue weighted by atomic mass is 79.9. The van der Waals surface area contributed by atoms with Crippen LogP contribution in [0.1, 0.15) is 75.1 Å². The van der Waals surface area contributed by atoms with Crippen molar-refractivity contribution in [2.75, 3.05) is 0 Å². The van der Waals surface area contributed by atoms with E-state index in [2.05, 4.69) is 38.8 Å². The fourth-order valence-corrected chi connectivity index (χ4v) is 3.54. The summed E-state index contributed by atoms with van der Waals surface area (Å²) in [6, 6.07) is 5.74. The smallest absolute Gasteiger partial charge is 0.164 e. The topological polar surface area (TPSA) is 17.1 Å². The summed E-state index contributed by atoms with van der Waals surface area (Å²) in [5.41, 5.74) is 0.802. The molecular weight excluding hydrogens is 380 g/mol. The third kappa shape index (κ3) is 7.03. The lowest BCUT2D eigenvalue weighted by Crippen LogP contribution is -2.00. The lowest BCUT2D eigenvalue weighted by atomic mass is 10.0. The van der Waals surface area contributed by atoms with Gasteiger partial charge in [0, 0.05) is 20.9 Å². The number of hydrogen-bond donors (Lipinski definition) is 0. The number of unbranched alkanes of at least 4 members (excludes halogenated alkanes) is 7. The van der Waals surface area contributed by atoms with E-state index in [1.54, 1.807) is 0 Å². The summed E-state index contributed by atoms with van der Waals surface area (Å²) in [5.74, 6) is 0.246. The van der Waals surface area contributed by atoms with Gasteiger partial charge in [-0.3, -0.25) is 4.79 Å². The zero-order valence-electron chi connectivity index (χ0n) is 12.3. The average molecular weight is 404 g/mol. The molecule has 0 N–H and O–H groups in total. The van der Waals surface area contributed by atoms with Gasteiger partial charge in [0.15, 0.2) is 5.78 Å². The van der Waals surface area contributed by atoms with Gasteiger partial charge in [0.25, 0.3) is 0 Å². The summed E-state index contributed by atoms with van der Waals surface area (Å²) in [5, 5.41) is 0. The number of hydrogen-bond acceptors (Lipinski definition) is 1. The van der Waals surface area contributed by atoms with E-state index >= 15 is 0 Å². The summed E-state index contributed by atoms with van der Waals surface area (Å²) < 4.78 is 1.88. The van der Waals surface area contributed by atoms with Crippen LogP contribution in [0.2, 0.25) is 0 Å². The third-order valence-corrected chi connectivity index (χ3v) is 4.64. The van der Waals surface area contributed by atoms with Crippen LogP contribution in [0.3, 0.4) is 0 Å². The molecule has 3 heteroatoms. The van der Waals surface area contributed by atoms with Crippen LogP contribution in [0.4, 0.5) is 0 Å². The highest BCUT2D eigenvalue weighted by molar-refractivity contribution is 9.11. The van der Waals surface area contributed by atoms with E-state index in [9.17, 15) is 4.79 Å². The van der Waals surface area contributed by atoms with Crippen molar-refractivity contribution in [3.05, 3.63) is 32.7 Å². The first-order chi connectivity index (χ1) is 9.65. The van der Waals surface area contributed by atoms with Gasteiger partial charge in [0.05, 0.1) is 0 Å². The molecule has 20 heavy (non-hydrogen) atoms. The number of carbonyl (C=O) groups excluding carboxylic acids is 1. The van der Waals surface area contributed by atoms with Crippen LogP contribution in [-0.4, -0.2) is 5.78 Å². The Labute approximate surface area is 139 Å². The van der Waals surface area contributed by atoms with Crippen molar-refractivity contribution in [1.29, 1.82) is 0 Å². The molecule has 0 aliphatic heterocycles. The molecule has 0 radical (unpaired) electrons. The first-order valence-electron chi connectivity index (χ1n) is 7.63. The Kier molecular flexibility index (Phi) is 9.45. The first-order valence-corrected chi connectivity index (χ1v) is 9.22. The second kappa shape index (κ2) is 10.6. The molecule has 0 amide bonds. The molecule has 1 aromatic carbocycles. The monoisotopic (exact) mass is 402 g/mol. The van der Waals surface area contributed by atoms with Gasteiger partial charge in [0.1, 0.15) is 0 Å². The minimum absolute atomic E-state index is 0.246. The normalized spacial score (nSPS) is 10.8. The van der Waals surface area contributed by atoms with E-state index in [0.717, 1.165) is 20.9 Å². The molecule has 0 unspecified atom stereocenters. The molecule has 0 atom stereocenters. The van der Waals surface area contributed by atoms with E-state index in [-0.39, 0.29) is 5.78 Å². The Morgan fingerprint density at radius 2 is 1.55 bits per heavy atom. The molecule has 0 aliphatic rings. The van der Waals surface area contributed by atoms with Gasteiger partial charge in [-0.1, -0.05) is 83.7 Å². The predicted octanol–water partition coefficient (Wildman–Crippen LogP) is 6.93. The quantitative estimate of drug-likeness (QED) is 0.306. The van der Waals surface area contributed by atoms with Crippen molar-refractivity contribution >= 4 is 37.6 Å². The number of ketones is 1. The fraction of sp³-hybridized carbons (Fsp3) is 0.588. The van der Waals surface area contributed by atoms with E-state index in [1.807, 2.05) is 18.2 Å². The molecule has 0 aromatic heterocycles. The maximum absolute atomic E-state index is 12.1. The van der Waals surface area contributed by atoms with E-state index in [0.29, 0.717) is 6.42 Å². The molecule has 0 aliphatic carbocycles. The van der Waals surface area contributed by atoms with Crippen molar-refractivity contribution in [2.45, 2.75) is 64.7 Å². The van der Waals surface area contributed by atoms with Gasteiger partial charge < -0.3 is 0 Å². The van der Waals surface area contributed by atoms with E-state index in [4.69, 9.17) is 0 Å². The molecule has 0 fully saturated rings. The van der Waals surface area contributed by atoms with Crippen molar-refractivity contribution < 1.29 is 4.79 Å². The van der Waals surface area contributed by atoms with Crippen LogP contribution in [-0.2, 0) is 0 Å². The van der Waals surface area contributed by atoms with Crippen LogP contribution >= 0.6 is 31.9 Å². The third-order valence-electron chi connectivity index (χ3n) is 3.49. The van der Waals surface area contributed by atoms with Gasteiger partial charge in [-0.2, -0.15) is 0 Å². The summed E-state index contributed by atoms with van der Waals surface area (Å²) in [7, 11) is 0. The summed E-state index contributed by atoms with van der Waals surface area (Å²) >= 11 is 6.86. The number of halogens is 2. The lowest BCUT2D eigenvalue weighted by molar-refractivity contribution is 0.0978. The van der Waals surface area contributed by atoms with Crippen molar-refractivity contribution in [3.63, 3.8) is 0 Å². The van der Waals surface area contributed by atoms with Gasteiger partial charge in [-0.05, 0) is 24.6 Å². The highest BCUT2D eigenvalue weighted by Gasteiger charge is 2.09. The molecule has 0 saturated heterocycles. The highest BCUT2D eigenvalue weighted by Crippen LogP contribution is 2.23. The predicted molar refractivity (Wildman–Crippen MR) is 93.4 cm³/mol. The van der Waals surface area contributed by atoms with Crippen LogP contribution < -0.4 is 0 Å². The molecule has 0 heterocycles. The molecule has 0 saturated carbocycles. The largest absolute Gasteiger partial charge is 0.294 e. The summed E-state index contributed by atoms with van der Waals surface area (Å²) in [6.45, 7) is 2.24. The van der Waals surface area contributed by atoms with E-state index in [1.165, 1.54) is 44.9 Å². The van der Waals surface area contributed by atoms with Gasteiger partial charge in [0.2, 0.25) is 0 Å². The second-order valence-electron chi connectivity index (χ2n) is 5.27. The number of rotatable bonds is 10. The zero-order chi connectivity index (χ0) is 14.8. The van der Waals surface area contributed by atoms with E-state index < -0.39 is 0 Å². The Morgan fingerprint density at radius 1 is 0.950 bits per heavy atom. The number of Topliss-reactive ketones (excluding diaryl/α,β-unsaturated/α-hetero) is 1. The van der Waals surface area contributed by atoms with Crippen LogP contribution in [0, 0.1) is 0 Å². The maximum Gasteiger partial charge on any atom is 0.164 e. The minimum Gasteiger partial charge on any atom is -0.294 e. The summed E-state index contributed by atoms with van der Waals surface area (Å²) in [4.78, 5) is 12.1. The maximum atomic E-state index is 12.1. The minimum atomic E-state index is 0.246. The Morgan fingerprint density at radius 3 is 2.15 bits per heavy atom. The van der Waals surface area contributed by atoms with Gasteiger partial charge >= 0.3 is 0 Å². The average Bonchev–Trinajstić information content (AvgIpc) is 2.41. The van der Waals surface area contributed by atoms with Crippen molar-refractivity contribution in [3.8, 4) is 0 Å². The fourth-order valence-electron chi connectivity index (χ4n) is 2.27. The second-order valence-corrected chi connectivity index (χ2v) is 7.04. The lowest BCUT2D eigenvalue weighted by Gasteiger charge is -2.05. The molecule has 1 aromatic rings. The Bertz CT molecular complexity index is 415. The number of carbonyl (C=O) groups is 1. The molecule has 112 valence electrons. The van der Waals surface area contributed by atoms with Crippen molar-refractivity contribution in [2.24, 2.45) is 0 Å². The molecule has 1 rings (SSSR count). The molecule has 0 spiro atoms. The molecule has 0 bridgehead atoms. The van der Waals surface area contributed by atoms with Crippen LogP contribution in [0.15, 0.2) is 27.1 Å². The Balaban J connectivity index is 2.17. The van der Waals surface area contributed by atoms with Crippen LogP contribution in [0.5, 0.6) is 0 Å². The standard InChI is InChI=1S/C17H24Br2O/c1-2-3-4-5-6-7-8-9-10-17(20)15-12-11-14(18)13-16(15)19/h11-13H,2-10H2,1H3. The SMILES string of the molecule is CCCCCCCCCCC(=O)c1ccc(Br)cc1Br.